The van der Waals surface area contributed by atoms with Crippen LogP contribution in [0.4, 0.5) is 0 Å². The highest BCUT2D eigenvalue weighted by molar-refractivity contribution is 6.10. The Hall–Kier alpha value is -2.63. The number of carbonyl (C=O) groups is 1. The molecule has 1 heterocycles. The van der Waals surface area contributed by atoms with Crippen LogP contribution in [0.2, 0.25) is 0 Å². The maximum atomic E-state index is 13.0. The molecule has 3 rings (SSSR count). The zero-order valence-electron chi connectivity index (χ0n) is 14.4. The number of ether oxygens (including phenoxy) is 2. The predicted molar refractivity (Wildman–Crippen MR) is 94.1 cm³/mol. The van der Waals surface area contributed by atoms with Gasteiger partial charge in [0.1, 0.15) is 11.3 Å². The minimum absolute atomic E-state index is 0.218. The smallest absolute Gasteiger partial charge is 0.228 e. The normalized spacial score (nSPS) is 13.6. The molecule has 1 N–H and O–H groups in total. The number of hydrogen-bond donors (Lipinski definition) is 1. The fraction of sp³-hybridized carbons (Fsp3) is 0.250. The highest BCUT2D eigenvalue weighted by Gasteiger charge is 2.29. The third-order valence-electron chi connectivity index (χ3n) is 4.32. The fourth-order valence-corrected chi connectivity index (χ4v) is 2.91. The second-order valence-electron chi connectivity index (χ2n) is 5.81. The van der Waals surface area contributed by atoms with Crippen LogP contribution in [0.15, 0.2) is 52.9 Å². The van der Waals surface area contributed by atoms with Gasteiger partial charge in [0, 0.05) is 29.5 Å². The molecule has 0 aliphatic carbocycles. The van der Waals surface area contributed by atoms with Gasteiger partial charge in [0.25, 0.3) is 0 Å². The summed E-state index contributed by atoms with van der Waals surface area (Å²) < 4.78 is 16.0. The van der Waals surface area contributed by atoms with Gasteiger partial charge < -0.3 is 19.0 Å². The molecule has 5 heteroatoms. The molecule has 0 saturated heterocycles. The van der Waals surface area contributed by atoms with Crippen LogP contribution >= 0.6 is 0 Å². The molecule has 0 spiro atoms. The quantitative estimate of drug-likeness (QED) is 0.547. The van der Waals surface area contributed by atoms with E-state index >= 15 is 0 Å². The summed E-state index contributed by atoms with van der Waals surface area (Å²) in [6, 6.07) is 14.2. The summed E-state index contributed by atoms with van der Waals surface area (Å²) in [6.07, 6.45) is -1.04. The molecule has 0 aliphatic rings. The monoisotopic (exact) mass is 340 g/mol. The Morgan fingerprint density at radius 3 is 2.40 bits per heavy atom. The summed E-state index contributed by atoms with van der Waals surface area (Å²) in [6.45, 7) is 1.80. The molecule has 2 aromatic carbocycles. The number of carbonyl (C=O) groups excluding carboxylic acids is 1. The maximum absolute atomic E-state index is 13.0. The first-order chi connectivity index (χ1) is 12.1. The molecule has 0 radical (unpaired) electrons. The fourth-order valence-electron chi connectivity index (χ4n) is 2.91. The second kappa shape index (κ2) is 7.09. The molecular formula is C20H20O5. The van der Waals surface area contributed by atoms with Crippen molar-refractivity contribution in [1.29, 1.82) is 0 Å². The highest BCUT2D eigenvalue weighted by atomic mass is 16.6. The minimum atomic E-state index is -1.04. The Balaban J connectivity index is 2.12. The predicted octanol–water partition coefficient (Wildman–Crippen LogP) is 3.74. The van der Waals surface area contributed by atoms with Crippen molar-refractivity contribution >= 4 is 16.8 Å². The molecule has 2 unspecified atom stereocenters. The first-order valence-corrected chi connectivity index (χ1v) is 7.97. The zero-order valence-corrected chi connectivity index (χ0v) is 14.4. The van der Waals surface area contributed by atoms with Gasteiger partial charge in [0.05, 0.1) is 7.11 Å². The van der Waals surface area contributed by atoms with Crippen molar-refractivity contribution in [2.45, 2.75) is 19.1 Å². The van der Waals surface area contributed by atoms with Crippen molar-refractivity contribution in [3.8, 4) is 5.75 Å². The number of rotatable bonds is 6. The van der Waals surface area contributed by atoms with Crippen LogP contribution in [0.25, 0.3) is 11.0 Å². The van der Waals surface area contributed by atoms with E-state index in [0.717, 1.165) is 5.39 Å². The van der Waals surface area contributed by atoms with Crippen molar-refractivity contribution in [2.24, 2.45) is 0 Å². The first-order valence-electron chi connectivity index (χ1n) is 7.97. The first kappa shape index (κ1) is 17.2. The lowest BCUT2D eigenvalue weighted by Gasteiger charge is -2.17. The largest absolute Gasteiger partial charge is 0.497 e. The van der Waals surface area contributed by atoms with Crippen LogP contribution in [0.1, 0.15) is 34.5 Å². The van der Waals surface area contributed by atoms with Gasteiger partial charge in [-0.15, -0.1) is 0 Å². The maximum Gasteiger partial charge on any atom is 0.228 e. The molecule has 1 aromatic heterocycles. The number of aliphatic hydroxyl groups excluding tert-OH is 1. The van der Waals surface area contributed by atoms with Gasteiger partial charge in [-0.2, -0.15) is 0 Å². The van der Waals surface area contributed by atoms with Gasteiger partial charge in [-0.05, 0) is 30.3 Å². The van der Waals surface area contributed by atoms with E-state index in [2.05, 4.69) is 0 Å². The molecule has 0 fully saturated rings. The second-order valence-corrected chi connectivity index (χ2v) is 5.81. The Morgan fingerprint density at radius 1 is 1.08 bits per heavy atom. The number of hydrogen-bond acceptors (Lipinski definition) is 5. The van der Waals surface area contributed by atoms with Gasteiger partial charge in [0.2, 0.25) is 5.78 Å². The van der Waals surface area contributed by atoms with E-state index in [1.54, 1.807) is 44.4 Å². The summed E-state index contributed by atoms with van der Waals surface area (Å²) in [7, 11) is 3.00. The van der Waals surface area contributed by atoms with E-state index in [1.165, 1.54) is 7.11 Å². The van der Waals surface area contributed by atoms with Gasteiger partial charge in [0.15, 0.2) is 12.1 Å². The van der Waals surface area contributed by atoms with Crippen LogP contribution in [0.3, 0.4) is 0 Å². The van der Waals surface area contributed by atoms with Crippen LogP contribution in [-0.4, -0.2) is 31.4 Å². The summed E-state index contributed by atoms with van der Waals surface area (Å²) in [4.78, 5) is 13.0. The summed E-state index contributed by atoms with van der Waals surface area (Å²) in [5.41, 5.74) is 1.73. The van der Waals surface area contributed by atoms with Crippen molar-refractivity contribution in [3.05, 3.63) is 65.4 Å². The van der Waals surface area contributed by atoms with Gasteiger partial charge in [-0.25, -0.2) is 0 Å². The van der Waals surface area contributed by atoms with Crippen LogP contribution < -0.4 is 4.74 Å². The standard InChI is InChI=1S/C20H20O5/c1-12(20(22)24-3)17-15-6-4-5-7-16(15)25-19(17)18(21)13-8-10-14(23-2)11-9-13/h4-12,20,22H,1-3H3. The van der Waals surface area contributed by atoms with Crippen molar-refractivity contribution in [2.75, 3.05) is 14.2 Å². The van der Waals surface area contributed by atoms with Crippen molar-refractivity contribution in [3.63, 3.8) is 0 Å². The Bertz CT molecular complexity index is 879. The van der Waals surface area contributed by atoms with E-state index in [9.17, 15) is 9.90 Å². The van der Waals surface area contributed by atoms with E-state index in [1.807, 2.05) is 18.2 Å². The van der Waals surface area contributed by atoms with Crippen molar-refractivity contribution in [1.82, 2.24) is 0 Å². The van der Waals surface area contributed by atoms with Crippen LogP contribution in [0, 0.1) is 0 Å². The number of furan rings is 1. The third-order valence-corrected chi connectivity index (χ3v) is 4.32. The Labute approximate surface area is 145 Å². The van der Waals surface area contributed by atoms with E-state index in [0.29, 0.717) is 22.5 Å². The van der Waals surface area contributed by atoms with Gasteiger partial charge >= 0.3 is 0 Å². The summed E-state index contributed by atoms with van der Waals surface area (Å²) in [5.74, 6) is 0.217. The average Bonchev–Trinajstić information content (AvgIpc) is 3.05. The molecule has 0 bridgehead atoms. The zero-order chi connectivity index (χ0) is 18.0. The van der Waals surface area contributed by atoms with E-state index in [-0.39, 0.29) is 11.5 Å². The molecule has 130 valence electrons. The lowest BCUT2D eigenvalue weighted by Crippen LogP contribution is -2.19. The topological polar surface area (TPSA) is 68.9 Å². The van der Waals surface area contributed by atoms with Gasteiger partial charge in [-0.1, -0.05) is 25.1 Å². The Morgan fingerprint density at radius 2 is 1.76 bits per heavy atom. The molecule has 0 saturated carbocycles. The van der Waals surface area contributed by atoms with E-state index < -0.39 is 12.2 Å². The number of aliphatic hydroxyl groups is 1. The molecule has 3 aromatic rings. The molecule has 5 nitrogen and oxygen atoms in total. The minimum Gasteiger partial charge on any atom is -0.497 e. The number of ketones is 1. The summed E-state index contributed by atoms with van der Waals surface area (Å²) in [5, 5.41) is 10.9. The lowest BCUT2D eigenvalue weighted by atomic mass is 9.94. The number of fused-ring (bicyclic) bond motifs is 1. The van der Waals surface area contributed by atoms with Crippen molar-refractivity contribution < 1.29 is 23.8 Å². The van der Waals surface area contributed by atoms with E-state index in [4.69, 9.17) is 13.9 Å². The number of methoxy groups -OCH3 is 2. The number of para-hydroxylation sites is 1. The Kier molecular flexibility index (Phi) is 4.88. The van der Waals surface area contributed by atoms with Crippen LogP contribution in [-0.2, 0) is 4.74 Å². The number of benzene rings is 2. The van der Waals surface area contributed by atoms with Gasteiger partial charge in [-0.3, -0.25) is 4.79 Å². The highest BCUT2D eigenvalue weighted by Crippen LogP contribution is 2.35. The summed E-state index contributed by atoms with van der Waals surface area (Å²) >= 11 is 0. The molecule has 2 atom stereocenters. The molecule has 0 amide bonds. The molecular weight excluding hydrogens is 320 g/mol. The molecule has 25 heavy (non-hydrogen) atoms. The lowest BCUT2D eigenvalue weighted by molar-refractivity contribution is -0.0878. The molecule has 0 aliphatic heterocycles. The SMILES string of the molecule is COc1ccc(C(=O)c2oc3ccccc3c2C(C)C(O)OC)cc1. The third kappa shape index (κ3) is 3.16. The average molecular weight is 340 g/mol. The van der Waals surface area contributed by atoms with Crippen LogP contribution in [0.5, 0.6) is 5.75 Å².